The average molecular weight is 317 g/mol. The van der Waals surface area contributed by atoms with E-state index in [1.165, 1.54) is 25.6 Å². The highest BCUT2D eigenvalue weighted by Crippen LogP contribution is 2.21. The fourth-order valence-corrected chi connectivity index (χ4v) is 4.55. The van der Waals surface area contributed by atoms with Crippen molar-refractivity contribution in [3.05, 3.63) is 0 Å². The standard InChI is InChI=1S/C15H31N3O2S/c1-3-17(11-14-6-8-16-9-7-14)12-15-5-4-10-18(13-15)21(2,19)20/h14-16H,3-13H2,1-2H3. The molecule has 0 aromatic rings. The Morgan fingerprint density at radius 2 is 1.81 bits per heavy atom. The van der Waals surface area contributed by atoms with Gasteiger partial charge in [0, 0.05) is 26.2 Å². The number of hydrogen-bond acceptors (Lipinski definition) is 4. The highest BCUT2D eigenvalue weighted by Gasteiger charge is 2.27. The third kappa shape index (κ3) is 5.51. The molecule has 0 amide bonds. The van der Waals surface area contributed by atoms with Crippen LogP contribution >= 0.6 is 0 Å². The van der Waals surface area contributed by atoms with Gasteiger partial charge < -0.3 is 10.2 Å². The van der Waals surface area contributed by atoms with Crippen molar-refractivity contribution in [3.63, 3.8) is 0 Å². The molecule has 0 radical (unpaired) electrons. The van der Waals surface area contributed by atoms with E-state index in [4.69, 9.17) is 0 Å². The summed E-state index contributed by atoms with van der Waals surface area (Å²) >= 11 is 0. The minimum Gasteiger partial charge on any atom is -0.317 e. The van der Waals surface area contributed by atoms with E-state index in [0.29, 0.717) is 19.0 Å². The Kier molecular flexibility index (Phi) is 6.47. The van der Waals surface area contributed by atoms with Crippen LogP contribution in [0.5, 0.6) is 0 Å². The zero-order chi connectivity index (χ0) is 15.3. The topological polar surface area (TPSA) is 52.6 Å². The van der Waals surface area contributed by atoms with Crippen molar-refractivity contribution in [2.45, 2.75) is 32.6 Å². The first-order valence-electron chi connectivity index (χ1n) is 8.37. The van der Waals surface area contributed by atoms with Gasteiger partial charge in [-0.3, -0.25) is 0 Å². The molecular weight excluding hydrogens is 286 g/mol. The van der Waals surface area contributed by atoms with Crippen molar-refractivity contribution in [1.82, 2.24) is 14.5 Å². The smallest absolute Gasteiger partial charge is 0.211 e. The summed E-state index contributed by atoms with van der Waals surface area (Å²) in [5.41, 5.74) is 0. The van der Waals surface area contributed by atoms with E-state index in [1.54, 1.807) is 4.31 Å². The number of piperidine rings is 2. The Morgan fingerprint density at radius 1 is 1.14 bits per heavy atom. The molecule has 1 unspecified atom stereocenters. The van der Waals surface area contributed by atoms with Crippen molar-refractivity contribution < 1.29 is 8.42 Å². The Bertz CT molecular complexity index is 407. The van der Waals surface area contributed by atoms with Crippen molar-refractivity contribution in [2.75, 3.05) is 52.1 Å². The van der Waals surface area contributed by atoms with E-state index in [1.807, 2.05) is 0 Å². The zero-order valence-corrected chi connectivity index (χ0v) is 14.4. The molecule has 2 rings (SSSR count). The van der Waals surface area contributed by atoms with Gasteiger partial charge in [0.15, 0.2) is 0 Å². The minimum atomic E-state index is -3.02. The van der Waals surface area contributed by atoms with Crippen LogP contribution in [-0.2, 0) is 10.0 Å². The molecule has 5 nitrogen and oxygen atoms in total. The fourth-order valence-electron chi connectivity index (χ4n) is 3.60. The van der Waals surface area contributed by atoms with Gasteiger partial charge in [0.25, 0.3) is 0 Å². The number of hydrogen-bond donors (Lipinski definition) is 1. The molecule has 6 heteroatoms. The van der Waals surface area contributed by atoms with Gasteiger partial charge in [0.05, 0.1) is 6.26 Å². The molecule has 2 heterocycles. The highest BCUT2D eigenvalue weighted by atomic mass is 32.2. The predicted molar refractivity (Wildman–Crippen MR) is 86.8 cm³/mol. The van der Waals surface area contributed by atoms with Crippen LogP contribution in [0.1, 0.15) is 32.6 Å². The molecule has 2 aliphatic heterocycles. The SMILES string of the molecule is CCN(CC1CCNCC1)CC1CCCN(S(C)(=O)=O)C1. The normalized spacial score (nSPS) is 26.3. The van der Waals surface area contributed by atoms with Gasteiger partial charge >= 0.3 is 0 Å². The van der Waals surface area contributed by atoms with Gasteiger partial charge in [-0.25, -0.2) is 12.7 Å². The average Bonchev–Trinajstić information content (AvgIpc) is 2.47. The van der Waals surface area contributed by atoms with Crippen molar-refractivity contribution in [3.8, 4) is 0 Å². The van der Waals surface area contributed by atoms with E-state index in [2.05, 4.69) is 17.1 Å². The summed E-state index contributed by atoms with van der Waals surface area (Å²) in [6.45, 7) is 9.22. The summed E-state index contributed by atoms with van der Waals surface area (Å²) in [6, 6.07) is 0. The summed E-state index contributed by atoms with van der Waals surface area (Å²) in [5, 5.41) is 3.42. The van der Waals surface area contributed by atoms with Gasteiger partial charge in [-0.05, 0) is 57.2 Å². The van der Waals surface area contributed by atoms with E-state index in [-0.39, 0.29) is 0 Å². The molecule has 0 saturated carbocycles. The zero-order valence-electron chi connectivity index (χ0n) is 13.6. The molecule has 0 spiro atoms. The maximum Gasteiger partial charge on any atom is 0.211 e. The Hall–Kier alpha value is -0.170. The first-order valence-corrected chi connectivity index (χ1v) is 10.2. The third-order valence-corrected chi connectivity index (χ3v) is 6.16. The lowest BCUT2D eigenvalue weighted by Gasteiger charge is -2.36. The van der Waals surface area contributed by atoms with Crippen LogP contribution in [-0.4, -0.2) is 69.7 Å². The second-order valence-electron chi connectivity index (χ2n) is 6.67. The molecule has 2 fully saturated rings. The van der Waals surface area contributed by atoms with E-state index < -0.39 is 10.0 Å². The van der Waals surface area contributed by atoms with Crippen LogP contribution in [0.3, 0.4) is 0 Å². The molecule has 0 bridgehead atoms. The minimum absolute atomic E-state index is 0.496. The van der Waals surface area contributed by atoms with Gasteiger partial charge in [-0.2, -0.15) is 0 Å². The second-order valence-corrected chi connectivity index (χ2v) is 8.66. The molecule has 2 saturated heterocycles. The first-order chi connectivity index (χ1) is 9.99. The van der Waals surface area contributed by atoms with Crippen LogP contribution < -0.4 is 5.32 Å². The molecule has 2 aliphatic rings. The Balaban J connectivity index is 1.83. The van der Waals surface area contributed by atoms with Crippen molar-refractivity contribution >= 4 is 10.0 Å². The molecule has 124 valence electrons. The van der Waals surface area contributed by atoms with E-state index in [0.717, 1.165) is 44.9 Å². The molecule has 0 aliphatic carbocycles. The van der Waals surface area contributed by atoms with E-state index >= 15 is 0 Å². The first kappa shape index (κ1) is 17.2. The van der Waals surface area contributed by atoms with Crippen molar-refractivity contribution in [1.29, 1.82) is 0 Å². The van der Waals surface area contributed by atoms with Crippen LogP contribution in [0, 0.1) is 11.8 Å². The maximum atomic E-state index is 11.7. The van der Waals surface area contributed by atoms with Crippen molar-refractivity contribution in [2.24, 2.45) is 11.8 Å². The fraction of sp³-hybridized carbons (Fsp3) is 1.00. The number of rotatable bonds is 6. The molecule has 0 aromatic heterocycles. The predicted octanol–water partition coefficient (Wildman–Crippen LogP) is 0.980. The highest BCUT2D eigenvalue weighted by molar-refractivity contribution is 7.88. The summed E-state index contributed by atoms with van der Waals surface area (Å²) in [5.74, 6) is 1.30. The lowest BCUT2D eigenvalue weighted by molar-refractivity contribution is 0.155. The third-order valence-electron chi connectivity index (χ3n) is 4.89. The van der Waals surface area contributed by atoms with Gasteiger partial charge in [-0.1, -0.05) is 6.92 Å². The monoisotopic (exact) mass is 317 g/mol. The Labute approximate surface area is 130 Å². The lowest BCUT2D eigenvalue weighted by atomic mass is 9.95. The molecule has 0 aromatic carbocycles. The van der Waals surface area contributed by atoms with Crippen LogP contribution in [0.2, 0.25) is 0 Å². The van der Waals surface area contributed by atoms with Gasteiger partial charge in [-0.15, -0.1) is 0 Å². The number of nitrogens with zero attached hydrogens (tertiary/aromatic N) is 2. The summed E-state index contributed by atoms with van der Waals surface area (Å²) in [7, 11) is -3.02. The summed E-state index contributed by atoms with van der Waals surface area (Å²) < 4.78 is 25.1. The maximum absolute atomic E-state index is 11.7. The molecule has 21 heavy (non-hydrogen) atoms. The Morgan fingerprint density at radius 3 is 2.43 bits per heavy atom. The number of nitrogens with one attached hydrogen (secondary N) is 1. The van der Waals surface area contributed by atoms with Gasteiger partial charge in [0.1, 0.15) is 0 Å². The summed E-state index contributed by atoms with van der Waals surface area (Å²) in [6.07, 6.45) is 6.05. The van der Waals surface area contributed by atoms with Crippen LogP contribution in [0.4, 0.5) is 0 Å². The molecule has 1 N–H and O–H groups in total. The summed E-state index contributed by atoms with van der Waals surface area (Å²) in [4.78, 5) is 2.53. The number of sulfonamides is 1. The molecule has 1 atom stereocenters. The van der Waals surface area contributed by atoms with E-state index in [9.17, 15) is 8.42 Å². The van der Waals surface area contributed by atoms with Crippen LogP contribution in [0.15, 0.2) is 0 Å². The quantitative estimate of drug-likeness (QED) is 0.793. The molecular formula is C15H31N3O2S. The van der Waals surface area contributed by atoms with Crippen LogP contribution in [0.25, 0.3) is 0 Å². The second kappa shape index (κ2) is 7.90. The largest absolute Gasteiger partial charge is 0.317 e. The van der Waals surface area contributed by atoms with Gasteiger partial charge in [0.2, 0.25) is 10.0 Å². The lowest BCUT2D eigenvalue weighted by Crippen LogP contribution is -2.44.